The van der Waals surface area contributed by atoms with Gasteiger partial charge in [0.15, 0.2) is 0 Å². The average molecular weight is 264 g/mol. The molecule has 1 atom stereocenters. The molecule has 2 nitrogen and oxygen atoms in total. The molecule has 2 aliphatic rings. The lowest BCUT2D eigenvalue weighted by Crippen LogP contribution is -2.62. The van der Waals surface area contributed by atoms with Crippen LogP contribution in [-0.2, 0) is 6.42 Å². The number of nitrogens with zero attached hydrogens (tertiary/aromatic N) is 1. The van der Waals surface area contributed by atoms with Crippen LogP contribution in [0, 0.1) is 5.92 Å². The minimum absolute atomic E-state index is 0.307. The van der Waals surface area contributed by atoms with Gasteiger partial charge in [-0.1, -0.05) is 0 Å². The maximum Gasteiger partial charge on any atom is 0.0278 e. The van der Waals surface area contributed by atoms with Gasteiger partial charge in [-0.3, -0.25) is 4.90 Å². The molecule has 1 aromatic rings. The van der Waals surface area contributed by atoms with E-state index in [0.717, 1.165) is 18.5 Å². The van der Waals surface area contributed by atoms with Crippen molar-refractivity contribution in [3.8, 4) is 0 Å². The van der Waals surface area contributed by atoms with Crippen LogP contribution in [0.2, 0.25) is 0 Å². The Bertz CT molecular complexity index is 381. The highest BCUT2D eigenvalue weighted by molar-refractivity contribution is 7.07. The predicted octanol–water partition coefficient (Wildman–Crippen LogP) is 2.75. The smallest absolute Gasteiger partial charge is 0.0278 e. The lowest BCUT2D eigenvalue weighted by molar-refractivity contribution is 0.0619. The van der Waals surface area contributed by atoms with Crippen LogP contribution in [0.4, 0.5) is 0 Å². The standard InChI is InChI=1S/C15H24N2S/c1-15(2)11-16-14(13-3-4-13)9-17(15)7-5-12-6-8-18-10-12/h6,8,10,13-14,16H,3-5,7,9,11H2,1-2H3. The van der Waals surface area contributed by atoms with Crippen LogP contribution in [0.1, 0.15) is 32.3 Å². The van der Waals surface area contributed by atoms with Gasteiger partial charge in [0, 0.05) is 31.2 Å². The van der Waals surface area contributed by atoms with Crippen molar-refractivity contribution < 1.29 is 0 Å². The van der Waals surface area contributed by atoms with Crippen LogP contribution in [0.5, 0.6) is 0 Å². The van der Waals surface area contributed by atoms with Gasteiger partial charge in [-0.25, -0.2) is 0 Å². The Morgan fingerprint density at radius 2 is 2.28 bits per heavy atom. The SMILES string of the molecule is CC1(C)CNC(C2CC2)CN1CCc1ccsc1. The zero-order chi connectivity index (χ0) is 12.6. The summed E-state index contributed by atoms with van der Waals surface area (Å²) in [7, 11) is 0. The zero-order valence-corrected chi connectivity index (χ0v) is 12.3. The van der Waals surface area contributed by atoms with E-state index in [4.69, 9.17) is 0 Å². The normalized spacial score (nSPS) is 28.4. The van der Waals surface area contributed by atoms with Gasteiger partial charge in [0.1, 0.15) is 0 Å². The van der Waals surface area contributed by atoms with Gasteiger partial charge >= 0.3 is 0 Å². The second-order valence-electron chi connectivity index (χ2n) is 6.46. The third-order valence-electron chi connectivity index (χ3n) is 4.51. The maximum absolute atomic E-state index is 3.75. The van der Waals surface area contributed by atoms with E-state index in [-0.39, 0.29) is 0 Å². The molecule has 1 saturated heterocycles. The second-order valence-corrected chi connectivity index (χ2v) is 7.24. The van der Waals surface area contributed by atoms with Gasteiger partial charge in [0.2, 0.25) is 0 Å². The Balaban J connectivity index is 1.59. The summed E-state index contributed by atoms with van der Waals surface area (Å²) in [6.07, 6.45) is 4.08. The minimum atomic E-state index is 0.307. The lowest BCUT2D eigenvalue weighted by atomic mass is 9.95. The van der Waals surface area contributed by atoms with Gasteiger partial charge in [-0.05, 0) is 61.4 Å². The first-order valence-electron chi connectivity index (χ1n) is 7.15. The van der Waals surface area contributed by atoms with E-state index in [2.05, 4.69) is 40.9 Å². The molecule has 1 N–H and O–H groups in total. The molecule has 100 valence electrons. The van der Waals surface area contributed by atoms with E-state index in [1.807, 2.05) is 11.3 Å². The van der Waals surface area contributed by atoms with Crippen molar-refractivity contribution in [1.82, 2.24) is 10.2 Å². The van der Waals surface area contributed by atoms with Crippen LogP contribution >= 0.6 is 11.3 Å². The van der Waals surface area contributed by atoms with Crippen LogP contribution in [0.25, 0.3) is 0 Å². The minimum Gasteiger partial charge on any atom is -0.311 e. The molecular formula is C15H24N2S. The number of hydrogen-bond donors (Lipinski definition) is 1. The predicted molar refractivity (Wildman–Crippen MR) is 78.2 cm³/mol. The first-order valence-corrected chi connectivity index (χ1v) is 8.09. The Hall–Kier alpha value is -0.380. The first-order chi connectivity index (χ1) is 8.65. The van der Waals surface area contributed by atoms with Crippen LogP contribution in [0.15, 0.2) is 16.8 Å². The first kappa shape index (κ1) is 12.6. The van der Waals surface area contributed by atoms with E-state index in [0.29, 0.717) is 5.54 Å². The van der Waals surface area contributed by atoms with Crippen molar-refractivity contribution in [2.45, 2.75) is 44.7 Å². The molecule has 0 radical (unpaired) electrons. The molecule has 3 rings (SSSR count). The number of nitrogens with one attached hydrogen (secondary N) is 1. The van der Waals surface area contributed by atoms with Gasteiger partial charge < -0.3 is 5.32 Å². The highest BCUT2D eigenvalue weighted by atomic mass is 32.1. The Morgan fingerprint density at radius 3 is 2.94 bits per heavy atom. The van der Waals surface area contributed by atoms with E-state index < -0.39 is 0 Å². The second kappa shape index (κ2) is 4.95. The molecule has 18 heavy (non-hydrogen) atoms. The fourth-order valence-electron chi connectivity index (χ4n) is 2.95. The molecule has 0 amide bonds. The summed E-state index contributed by atoms with van der Waals surface area (Å²) < 4.78 is 0. The molecule has 0 aromatic carbocycles. The molecular weight excluding hydrogens is 240 g/mol. The Labute approximate surface area is 114 Å². The van der Waals surface area contributed by atoms with E-state index in [1.165, 1.54) is 37.9 Å². The van der Waals surface area contributed by atoms with E-state index in [1.54, 1.807) is 0 Å². The van der Waals surface area contributed by atoms with Gasteiger partial charge in [-0.2, -0.15) is 11.3 Å². The number of hydrogen-bond acceptors (Lipinski definition) is 3. The summed E-state index contributed by atoms with van der Waals surface area (Å²) in [5, 5.41) is 8.23. The summed E-state index contributed by atoms with van der Waals surface area (Å²) in [5.74, 6) is 0.963. The van der Waals surface area contributed by atoms with Crippen LogP contribution in [0.3, 0.4) is 0 Å². The third-order valence-corrected chi connectivity index (χ3v) is 5.24. The summed E-state index contributed by atoms with van der Waals surface area (Å²) in [6.45, 7) is 8.32. The van der Waals surface area contributed by atoms with Crippen molar-refractivity contribution in [2.75, 3.05) is 19.6 Å². The number of rotatable bonds is 4. The lowest BCUT2D eigenvalue weighted by Gasteiger charge is -2.46. The molecule has 1 aliphatic heterocycles. The van der Waals surface area contributed by atoms with Crippen molar-refractivity contribution >= 4 is 11.3 Å². The van der Waals surface area contributed by atoms with Crippen LogP contribution < -0.4 is 5.32 Å². The van der Waals surface area contributed by atoms with Crippen molar-refractivity contribution in [3.05, 3.63) is 22.4 Å². The molecule has 0 spiro atoms. The highest BCUT2D eigenvalue weighted by Gasteiger charge is 2.39. The molecule has 1 aromatic heterocycles. The van der Waals surface area contributed by atoms with Crippen LogP contribution in [-0.4, -0.2) is 36.1 Å². The number of piperazine rings is 1. The number of thiophene rings is 1. The summed E-state index contributed by atoms with van der Waals surface area (Å²) in [5.41, 5.74) is 1.80. The molecule has 3 heteroatoms. The molecule has 2 fully saturated rings. The van der Waals surface area contributed by atoms with Crippen molar-refractivity contribution in [1.29, 1.82) is 0 Å². The summed E-state index contributed by atoms with van der Waals surface area (Å²) in [4.78, 5) is 2.70. The highest BCUT2D eigenvalue weighted by Crippen LogP contribution is 2.35. The van der Waals surface area contributed by atoms with Gasteiger partial charge in [-0.15, -0.1) is 0 Å². The Morgan fingerprint density at radius 1 is 1.44 bits per heavy atom. The fraction of sp³-hybridized carbons (Fsp3) is 0.733. The Kier molecular flexibility index (Phi) is 3.48. The molecule has 1 saturated carbocycles. The molecule has 2 heterocycles. The van der Waals surface area contributed by atoms with E-state index >= 15 is 0 Å². The summed E-state index contributed by atoms with van der Waals surface area (Å²) in [6, 6.07) is 3.01. The molecule has 0 bridgehead atoms. The average Bonchev–Trinajstić information content (AvgIpc) is 3.04. The maximum atomic E-state index is 3.75. The molecule has 1 aliphatic carbocycles. The fourth-order valence-corrected chi connectivity index (χ4v) is 3.65. The molecule has 1 unspecified atom stereocenters. The topological polar surface area (TPSA) is 15.3 Å². The van der Waals surface area contributed by atoms with Gasteiger partial charge in [0.05, 0.1) is 0 Å². The monoisotopic (exact) mass is 264 g/mol. The van der Waals surface area contributed by atoms with Crippen molar-refractivity contribution in [3.63, 3.8) is 0 Å². The largest absolute Gasteiger partial charge is 0.311 e. The van der Waals surface area contributed by atoms with Gasteiger partial charge in [0.25, 0.3) is 0 Å². The summed E-state index contributed by atoms with van der Waals surface area (Å²) >= 11 is 1.81. The van der Waals surface area contributed by atoms with Crippen molar-refractivity contribution in [2.24, 2.45) is 5.92 Å². The van der Waals surface area contributed by atoms with E-state index in [9.17, 15) is 0 Å². The zero-order valence-electron chi connectivity index (χ0n) is 11.5. The third kappa shape index (κ3) is 2.79. The quantitative estimate of drug-likeness (QED) is 0.899.